The molecule has 0 aliphatic carbocycles. The predicted octanol–water partition coefficient (Wildman–Crippen LogP) is 2.74. The Kier molecular flexibility index (Phi) is 4.24. The van der Waals surface area contributed by atoms with Gasteiger partial charge in [0.2, 0.25) is 0 Å². The minimum atomic E-state index is 0.230. The molecule has 0 radical (unpaired) electrons. The van der Waals surface area contributed by atoms with Crippen LogP contribution in [0.2, 0.25) is 0 Å². The number of nitrogens with two attached hydrogens (primary N) is 1. The number of rotatable bonds is 4. The molecule has 1 atom stereocenters. The molecule has 0 fully saturated rings. The van der Waals surface area contributed by atoms with E-state index in [2.05, 4.69) is 37.6 Å². The van der Waals surface area contributed by atoms with Gasteiger partial charge in [0.15, 0.2) is 5.16 Å². The fourth-order valence-electron chi connectivity index (χ4n) is 1.34. The third-order valence-electron chi connectivity index (χ3n) is 2.42. The summed E-state index contributed by atoms with van der Waals surface area (Å²) >= 11 is 6.83. The summed E-state index contributed by atoms with van der Waals surface area (Å²) in [5.41, 5.74) is 5.83. The Bertz CT molecular complexity index is 508. The van der Waals surface area contributed by atoms with E-state index in [1.165, 1.54) is 4.88 Å². The molecular formula is C10H13BrN4S2. The Hall–Kier alpha value is -0.370. The highest BCUT2D eigenvalue weighted by Gasteiger charge is 2.17. The lowest BCUT2D eigenvalue weighted by Crippen LogP contribution is -2.09. The average Bonchev–Trinajstić information content (AvgIpc) is 2.86. The number of aryl methyl sites for hydroxylation is 1. The molecule has 2 aromatic heterocycles. The summed E-state index contributed by atoms with van der Waals surface area (Å²) in [5.74, 6) is 0.913. The van der Waals surface area contributed by atoms with E-state index in [4.69, 9.17) is 5.73 Å². The van der Waals surface area contributed by atoms with Crippen LogP contribution in [0.1, 0.15) is 16.0 Å². The van der Waals surface area contributed by atoms with Crippen LogP contribution in [0.4, 0.5) is 0 Å². The summed E-state index contributed by atoms with van der Waals surface area (Å²) in [4.78, 5) is 1.25. The highest BCUT2D eigenvalue weighted by atomic mass is 79.9. The fourth-order valence-corrected chi connectivity index (χ4v) is 4.00. The number of hydrogen-bond donors (Lipinski definition) is 1. The van der Waals surface area contributed by atoms with E-state index in [0.29, 0.717) is 6.54 Å². The first-order valence-corrected chi connectivity index (χ1v) is 7.63. The Morgan fingerprint density at radius 2 is 2.35 bits per heavy atom. The molecule has 2 aromatic rings. The molecule has 1 unspecified atom stereocenters. The van der Waals surface area contributed by atoms with Crippen LogP contribution in [0.3, 0.4) is 0 Å². The first-order chi connectivity index (χ1) is 8.11. The van der Waals surface area contributed by atoms with Gasteiger partial charge in [-0.15, -0.1) is 21.5 Å². The van der Waals surface area contributed by atoms with Gasteiger partial charge in [0.1, 0.15) is 5.82 Å². The van der Waals surface area contributed by atoms with Gasteiger partial charge in [0.25, 0.3) is 0 Å². The Balaban J connectivity index is 2.18. The van der Waals surface area contributed by atoms with E-state index in [1.807, 2.05) is 18.5 Å². The van der Waals surface area contributed by atoms with E-state index >= 15 is 0 Å². The quantitative estimate of drug-likeness (QED) is 0.874. The standard InChI is InChI=1S/C10H13BrN4S2/c1-6-13-14-10(15(6)2)17-9(4-12)8-3-7(11)5-16-8/h3,5,9H,4,12H2,1-2H3. The van der Waals surface area contributed by atoms with Crippen molar-refractivity contribution >= 4 is 39.0 Å². The Morgan fingerprint density at radius 3 is 2.82 bits per heavy atom. The molecule has 2 rings (SSSR count). The second-order valence-corrected chi connectivity index (χ2v) is 6.63. The second-order valence-electron chi connectivity index (χ2n) is 3.60. The molecule has 92 valence electrons. The van der Waals surface area contributed by atoms with E-state index in [9.17, 15) is 0 Å². The van der Waals surface area contributed by atoms with Gasteiger partial charge in [-0.1, -0.05) is 11.8 Å². The molecule has 17 heavy (non-hydrogen) atoms. The normalized spacial score (nSPS) is 12.9. The van der Waals surface area contributed by atoms with Gasteiger partial charge in [-0.25, -0.2) is 0 Å². The zero-order chi connectivity index (χ0) is 12.4. The molecule has 0 saturated carbocycles. The smallest absolute Gasteiger partial charge is 0.191 e. The number of thiophene rings is 1. The molecule has 0 saturated heterocycles. The van der Waals surface area contributed by atoms with Crippen molar-refractivity contribution in [1.82, 2.24) is 14.8 Å². The third kappa shape index (κ3) is 2.90. The lowest BCUT2D eigenvalue weighted by molar-refractivity contribution is 0.761. The van der Waals surface area contributed by atoms with Gasteiger partial charge in [-0.2, -0.15) is 0 Å². The highest BCUT2D eigenvalue weighted by Crippen LogP contribution is 2.37. The fraction of sp³-hybridized carbons (Fsp3) is 0.400. The summed E-state index contributed by atoms with van der Waals surface area (Å²) in [7, 11) is 1.97. The van der Waals surface area contributed by atoms with E-state index in [1.54, 1.807) is 23.1 Å². The van der Waals surface area contributed by atoms with Crippen molar-refractivity contribution in [3.63, 3.8) is 0 Å². The number of thioether (sulfide) groups is 1. The maximum absolute atomic E-state index is 5.83. The zero-order valence-corrected chi connectivity index (χ0v) is 12.8. The molecule has 2 heterocycles. The van der Waals surface area contributed by atoms with Crippen LogP contribution in [0.15, 0.2) is 21.1 Å². The number of nitrogens with zero attached hydrogens (tertiary/aromatic N) is 3. The van der Waals surface area contributed by atoms with Crippen molar-refractivity contribution in [1.29, 1.82) is 0 Å². The van der Waals surface area contributed by atoms with Gasteiger partial charge in [-0.05, 0) is 28.9 Å². The molecule has 0 aliphatic heterocycles. The summed E-state index contributed by atoms with van der Waals surface area (Å²) in [6.07, 6.45) is 0. The SMILES string of the molecule is Cc1nnc(SC(CN)c2cc(Br)cs2)n1C. The van der Waals surface area contributed by atoms with Crippen LogP contribution in [-0.2, 0) is 7.05 Å². The van der Waals surface area contributed by atoms with Crippen molar-refractivity contribution in [3.05, 3.63) is 26.6 Å². The van der Waals surface area contributed by atoms with Crippen LogP contribution in [0, 0.1) is 6.92 Å². The van der Waals surface area contributed by atoms with Crippen LogP contribution < -0.4 is 5.73 Å². The monoisotopic (exact) mass is 332 g/mol. The summed E-state index contributed by atoms with van der Waals surface area (Å²) in [5, 5.41) is 11.4. The van der Waals surface area contributed by atoms with Crippen molar-refractivity contribution < 1.29 is 0 Å². The molecule has 0 amide bonds. The van der Waals surface area contributed by atoms with Crippen LogP contribution in [-0.4, -0.2) is 21.3 Å². The minimum absolute atomic E-state index is 0.230. The number of aromatic nitrogens is 3. The van der Waals surface area contributed by atoms with E-state index < -0.39 is 0 Å². The first kappa shape index (κ1) is 13.1. The van der Waals surface area contributed by atoms with Crippen molar-refractivity contribution in [2.24, 2.45) is 12.8 Å². The molecule has 0 aromatic carbocycles. The topological polar surface area (TPSA) is 56.7 Å². The van der Waals surface area contributed by atoms with E-state index in [0.717, 1.165) is 15.5 Å². The van der Waals surface area contributed by atoms with E-state index in [-0.39, 0.29) is 5.25 Å². The third-order valence-corrected chi connectivity index (χ3v) is 5.67. The lowest BCUT2D eigenvalue weighted by atomic mass is 10.3. The first-order valence-electron chi connectivity index (χ1n) is 5.08. The largest absolute Gasteiger partial charge is 0.329 e. The molecule has 0 spiro atoms. The summed E-state index contributed by atoms with van der Waals surface area (Å²) < 4.78 is 3.08. The summed E-state index contributed by atoms with van der Waals surface area (Å²) in [6.45, 7) is 2.53. The zero-order valence-electron chi connectivity index (χ0n) is 9.55. The lowest BCUT2D eigenvalue weighted by Gasteiger charge is -2.11. The molecule has 0 aliphatic rings. The van der Waals surface area contributed by atoms with Gasteiger partial charge >= 0.3 is 0 Å². The molecule has 2 N–H and O–H groups in total. The van der Waals surface area contributed by atoms with Crippen molar-refractivity contribution in [2.45, 2.75) is 17.3 Å². The molecule has 7 heteroatoms. The van der Waals surface area contributed by atoms with Crippen LogP contribution in [0.5, 0.6) is 0 Å². The molecular weight excluding hydrogens is 320 g/mol. The number of hydrogen-bond acceptors (Lipinski definition) is 5. The predicted molar refractivity (Wildman–Crippen MR) is 75.4 cm³/mol. The van der Waals surface area contributed by atoms with Gasteiger partial charge in [-0.3, -0.25) is 0 Å². The van der Waals surface area contributed by atoms with Crippen LogP contribution >= 0.6 is 39.0 Å². The number of halogens is 1. The van der Waals surface area contributed by atoms with Gasteiger partial charge in [0.05, 0.1) is 5.25 Å². The van der Waals surface area contributed by atoms with Gasteiger partial charge in [0, 0.05) is 28.3 Å². The average molecular weight is 333 g/mol. The minimum Gasteiger partial charge on any atom is -0.329 e. The van der Waals surface area contributed by atoms with Crippen molar-refractivity contribution in [3.8, 4) is 0 Å². The van der Waals surface area contributed by atoms with Crippen molar-refractivity contribution in [2.75, 3.05) is 6.54 Å². The Morgan fingerprint density at radius 1 is 1.59 bits per heavy atom. The summed E-state index contributed by atoms with van der Waals surface area (Å²) in [6, 6.07) is 2.11. The van der Waals surface area contributed by atoms with Gasteiger partial charge < -0.3 is 10.3 Å². The van der Waals surface area contributed by atoms with Crippen LogP contribution in [0.25, 0.3) is 0 Å². The second kappa shape index (κ2) is 5.51. The highest BCUT2D eigenvalue weighted by molar-refractivity contribution is 9.10. The Labute approximate surface area is 117 Å². The molecule has 0 bridgehead atoms. The maximum atomic E-state index is 5.83. The molecule has 4 nitrogen and oxygen atoms in total. The maximum Gasteiger partial charge on any atom is 0.191 e.